The maximum absolute atomic E-state index is 15.5. The lowest BCUT2D eigenvalue weighted by molar-refractivity contribution is -0.0334. The van der Waals surface area contributed by atoms with Gasteiger partial charge in [0.2, 0.25) is 10.0 Å². The first-order valence-electron chi connectivity index (χ1n) is 18.9. The maximum atomic E-state index is 15.5. The van der Waals surface area contributed by atoms with E-state index in [1.54, 1.807) is 12.1 Å². The van der Waals surface area contributed by atoms with Crippen molar-refractivity contribution >= 4 is 20.9 Å². The van der Waals surface area contributed by atoms with Crippen LogP contribution in [0.4, 0.5) is 26.3 Å². The Balaban J connectivity index is 1.17. The average molecular weight is 853 g/mol. The molecule has 13 nitrogen and oxygen atoms in total. The van der Waals surface area contributed by atoms with E-state index in [0.717, 1.165) is 16.7 Å². The number of aromatic nitrogens is 6. The monoisotopic (exact) mass is 852 g/mol. The molecule has 1 saturated heterocycles. The Hall–Kier alpha value is -5.54. The molecule has 312 valence electrons. The van der Waals surface area contributed by atoms with E-state index in [0.29, 0.717) is 22.0 Å². The number of nitrogens with one attached hydrogen (secondary N) is 1. The fourth-order valence-corrected chi connectivity index (χ4v) is 9.64. The molecule has 1 saturated carbocycles. The number of benzene rings is 3. The van der Waals surface area contributed by atoms with Crippen LogP contribution in [0.5, 0.6) is 0 Å². The van der Waals surface area contributed by atoms with Crippen LogP contribution in [-0.2, 0) is 33.6 Å². The fourth-order valence-electron chi connectivity index (χ4n) is 8.23. The smallest absolute Gasteiger partial charge is 0.293 e. The molecule has 3 aromatic heterocycles. The summed E-state index contributed by atoms with van der Waals surface area (Å²) in [6.45, 7) is -0.0580. The Bertz CT molecular complexity index is 2770. The van der Waals surface area contributed by atoms with Gasteiger partial charge in [-0.2, -0.15) is 18.2 Å². The van der Waals surface area contributed by atoms with Crippen LogP contribution in [0.15, 0.2) is 88.9 Å². The molecule has 0 radical (unpaired) electrons. The predicted octanol–water partition coefficient (Wildman–Crippen LogP) is 5.38. The van der Waals surface area contributed by atoms with Gasteiger partial charge in [0.1, 0.15) is 35.1 Å². The minimum atomic E-state index is -3.96. The molecular formula is C40H34F6N8O5S. The van der Waals surface area contributed by atoms with E-state index in [4.69, 9.17) is 9.72 Å². The van der Waals surface area contributed by atoms with Crippen molar-refractivity contribution in [1.82, 2.24) is 38.9 Å². The van der Waals surface area contributed by atoms with Crippen LogP contribution in [0.3, 0.4) is 0 Å². The molecule has 60 heavy (non-hydrogen) atoms. The Morgan fingerprint density at radius 3 is 2.40 bits per heavy atom. The van der Waals surface area contributed by atoms with Crippen molar-refractivity contribution in [3.63, 3.8) is 0 Å². The first kappa shape index (κ1) is 39.9. The quantitative estimate of drug-likeness (QED) is 0.121. The van der Waals surface area contributed by atoms with E-state index < -0.39 is 81.6 Å². The topological polar surface area (TPSA) is 157 Å². The number of alkyl halides is 4. The van der Waals surface area contributed by atoms with Crippen molar-refractivity contribution in [1.29, 1.82) is 0 Å². The summed E-state index contributed by atoms with van der Waals surface area (Å²) in [5.41, 5.74) is -1.19. The highest BCUT2D eigenvalue weighted by molar-refractivity contribution is 7.89. The van der Waals surface area contributed by atoms with Crippen LogP contribution in [-0.4, -0.2) is 79.7 Å². The number of fused-ring (bicyclic) bond motifs is 4. The van der Waals surface area contributed by atoms with Crippen molar-refractivity contribution in [2.75, 3.05) is 26.3 Å². The Morgan fingerprint density at radius 1 is 0.983 bits per heavy atom. The van der Waals surface area contributed by atoms with Gasteiger partial charge < -0.3 is 9.84 Å². The van der Waals surface area contributed by atoms with E-state index in [9.17, 15) is 35.9 Å². The zero-order chi connectivity index (χ0) is 42.1. The lowest BCUT2D eigenvalue weighted by Crippen LogP contribution is -2.41. The third-order valence-electron chi connectivity index (χ3n) is 11.0. The van der Waals surface area contributed by atoms with Crippen LogP contribution in [0.25, 0.3) is 27.8 Å². The third-order valence-corrected chi connectivity index (χ3v) is 13.0. The average Bonchev–Trinajstić information content (AvgIpc) is 3.89. The van der Waals surface area contributed by atoms with Crippen molar-refractivity contribution in [3.05, 3.63) is 130 Å². The highest BCUT2D eigenvalue weighted by atomic mass is 32.2. The molecule has 2 fully saturated rings. The van der Waals surface area contributed by atoms with Gasteiger partial charge in [-0.1, -0.05) is 6.07 Å². The van der Waals surface area contributed by atoms with Crippen LogP contribution < -0.4 is 10.9 Å². The van der Waals surface area contributed by atoms with Gasteiger partial charge in [0.25, 0.3) is 17.9 Å². The summed E-state index contributed by atoms with van der Waals surface area (Å²) in [6, 6.07) is 11.4. The largest absolute Gasteiger partial charge is 0.379 e. The molecule has 0 bridgehead atoms. The second-order valence-corrected chi connectivity index (χ2v) is 16.8. The summed E-state index contributed by atoms with van der Waals surface area (Å²) in [7, 11) is -3.96. The first-order chi connectivity index (χ1) is 28.7. The van der Waals surface area contributed by atoms with Gasteiger partial charge in [-0.05, 0) is 72.9 Å². The van der Waals surface area contributed by atoms with Crippen molar-refractivity contribution in [3.8, 4) is 16.9 Å². The standard InChI is InChI=1S/C40H34F6N8O5S/c41-23-13-21(14-24(42)17-23)15-31(49-33(55)20-53-36-34(35(51-53)37(43)44)28-18-29(28)40(36,45)46)38-50-30-16-22(32-19-47-7-8-48-32)1-6-27(30)39(56)54(38)25-2-4-26(5-3-25)60(57,58)52-9-11-59-12-10-52/h1-8,13-14,16-17,19,28-29,31,33,37,49,55H,9-12,15,18,20H2/t28-,29+,31+,33?/m1/s1. The summed E-state index contributed by atoms with van der Waals surface area (Å²) in [5.74, 6) is -7.46. The molecule has 4 atom stereocenters. The molecule has 0 amide bonds. The molecule has 0 spiro atoms. The Kier molecular flexibility index (Phi) is 10.1. The minimum Gasteiger partial charge on any atom is -0.379 e. The predicted molar refractivity (Wildman–Crippen MR) is 202 cm³/mol. The minimum absolute atomic E-state index is 0.0301. The third kappa shape index (κ3) is 7.14. The number of ether oxygens (including phenoxy) is 1. The molecule has 1 aliphatic heterocycles. The van der Waals surface area contributed by atoms with E-state index in [2.05, 4.69) is 20.4 Å². The molecule has 2 N–H and O–H groups in total. The van der Waals surface area contributed by atoms with Gasteiger partial charge in [0.15, 0.2) is 0 Å². The number of aliphatic hydroxyl groups is 1. The van der Waals surface area contributed by atoms with E-state index in [1.807, 2.05) is 0 Å². The number of aliphatic hydroxyl groups excluding tert-OH is 1. The number of sulfonamides is 1. The number of hydrogen-bond donors (Lipinski definition) is 2. The second kappa shape index (κ2) is 15.2. The Labute approximate surface area is 337 Å². The van der Waals surface area contributed by atoms with E-state index in [1.165, 1.54) is 53.2 Å². The van der Waals surface area contributed by atoms with Crippen molar-refractivity contribution in [2.24, 2.45) is 5.92 Å². The number of morpholine rings is 1. The van der Waals surface area contributed by atoms with Gasteiger partial charge >= 0.3 is 0 Å². The molecule has 9 rings (SSSR count). The molecule has 3 aliphatic rings. The van der Waals surface area contributed by atoms with E-state index >= 15 is 8.78 Å². The zero-order valence-corrected chi connectivity index (χ0v) is 32.0. The molecule has 2 aliphatic carbocycles. The number of rotatable bonds is 12. The second-order valence-electron chi connectivity index (χ2n) is 14.9. The Morgan fingerprint density at radius 2 is 1.72 bits per heavy atom. The normalized spacial score (nSPS) is 19.7. The first-order valence-corrected chi connectivity index (χ1v) is 20.3. The molecule has 1 unspecified atom stereocenters. The van der Waals surface area contributed by atoms with Crippen LogP contribution in [0.1, 0.15) is 53.1 Å². The molecular weight excluding hydrogens is 819 g/mol. The van der Waals surface area contributed by atoms with Gasteiger partial charge in [-0.25, -0.2) is 31.0 Å². The fraction of sp³-hybridized carbons (Fsp3) is 0.325. The summed E-state index contributed by atoms with van der Waals surface area (Å²) < 4.78 is 124. The van der Waals surface area contributed by atoms with Crippen molar-refractivity contribution in [2.45, 2.75) is 54.8 Å². The van der Waals surface area contributed by atoms with E-state index in [-0.39, 0.29) is 77.6 Å². The highest BCUT2D eigenvalue weighted by Crippen LogP contribution is 2.68. The molecule has 20 heteroatoms. The van der Waals surface area contributed by atoms with Crippen LogP contribution >= 0.6 is 0 Å². The maximum Gasteiger partial charge on any atom is 0.293 e. The van der Waals surface area contributed by atoms with Crippen LogP contribution in [0, 0.1) is 17.6 Å². The lowest BCUT2D eigenvalue weighted by atomic mass is 10.0. The van der Waals surface area contributed by atoms with Gasteiger partial charge in [0, 0.05) is 48.6 Å². The summed E-state index contributed by atoms with van der Waals surface area (Å²) in [4.78, 5) is 27.8. The van der Waals surface area contributed by atoms with Crippen molar-refractivity contribution < 1.29 is 44.6 Å². The van der Waals surface area contributed by atoms with Gasteiger partial charge in [0.05, 0.1) is 59.2 Å². The highest BCUT2D eigenvalue weighted by Gasteiger charge is 2.67. The summed E-state index contributed by atoms with van der Waals surface area (Å²) in [5, 5.41) is 18.3. The number of nitrogens with zero attached hydrogens (tertiary/aromatic N) is 7. The SMILES string of the molecule is O=c1c2ccc(-c3cnccn3)cc2nc([C@H](Cc2cc(F)cc(F)c2)NC(O)Cn2nc(C(F)F)c3c2C(F)(F)[C@H]2C[C@@H]32)n1-c1ccc(S(=O)(=O)N2CCOCC2)cc1. The summed E-state index contributed by atoms with van der Waals surface area (Å²) in [6.07, 6.45) is -0.898. The molecule has 3 aromatic carbocycles. The van der Waals surface area contributed by atoms with Gasteiger partial charge in [-0.15, -0.1) is 0 Å². The lowest BCUT2D eigenvalue weighted by Gasteiger charge is -2.27. The molecule has 4 heterocycles. The summed E-state index contributed by atoms with van der Waals surface area (Å²) >= 11 is 0. The number of halogens is 6. The zero-order valence-electron chi connectivity index (χ0n) is 31.2. The molecule has 6 aromatic rings. The number of hydrogen-bond acceptors (Lipinski definition) is 10. The van der Waals surface area contributed by atoms with Crippen LogP contribution in [0.2, 0.25) is 0 Å². The van der Waals surface area contributed by atoms with Gasteiger partial charge in [-0.3, -0.25) is 29.3 Å².